The first kappa shape index (κ1) is 22.3. The molecule has 0 spiro atoms. The van der Waals surface area contributed by atoms with Gasteiger partial charge in [0.15, 0.2) is 15.5 Å². The van der Waals surface area contributed by atoms with Crippen molar-refractivity contribution >= 4 is 22.2 Å². The summed E-state index contributed by atoms with van der Waals surface area (Å²) in [5, 5.41) is 4.74. The van der Waals surface area contributed by atoms with E-state index in [0.29, 0.717) is 30.6 Å². The van der Waals surface area contributed by atoms with Crippen LogP contribution in [0.25, 0.3) is 11.4 Å². The minimum atomic E-state index is -4.27. The highest BCUT2D eigenvalue weighted by Crippen LogP contribution is 2.38. The van der Waals surface area contributed by atoms with Crippen molar-refractivity contribution in [1.29, 1.82) is 0 Å². The molecule has 174 valence electrons. The molecule has 5 rings (SSSR count). The Bertz CT molecular complexity index is 1310. The van der Waals surface area contributed by atoms with E-state index in [1.165, 1.54) is 0 Å². The molecule has 1 aromatic carbocycles. The van der Waals surface area contributed by atoms with Gasteiger partial charge in [-0.25, -0.2) is 21.9 Å². The molecular weight excluding hydrogens is 470 g/mol. The molecule has 0 N–H and O–H groups in total. The first-order valence-electron chi connectivity index (χ1n) is 10.6. The zero-order valence-corrected chi connectivity index (χ0v) is 19.3. The van der Waals surface area contributed by atoms with E-state index in [1.54, 1.807) is 17.1 Å². The molecule has 1 aliphatic carbocycles. The molecule has 12 heteroatoms. The lowest BCUT2D eigenvalue weighted by Gasteiger charge is -2.33. The van der Waals surface area contributed by atoms with Crippen LogP contribution < -0.4 is 0 Å². The van der Waals surface area contributed by atoms with Gasteiger partial charge in [0.05, 0.1) is 6.67 Å². The van der Waals surface area contributed by atoms with Crippen molar-refractivity contribution in [3.05, 3.63) is 59.1 Å². The molecule has 0 unspecified atom stereocenters. The number of piperazine rings is 1. The van der Waals surface area contributed by atoms with Gasteiger partial charge in [0.2, 0.25) is 10.0 Å². The number of hydrogen-bond acceptors (Lipinski definition) is 6. The topological polar surface area (TPSA) is 76.3 Å². The molecule has 3 aromatic rings. The molecule has 3 heterocycles. The maximum Gasteiger partial charge on any atom is 0.249 e. The first-order chi connectivity index (χ1) is 15.9. The second-order valence-corrected chi connectivity index (χ2v) is 10.4. The Labute approximate surface area is 195 Å². The Hall–Kier alpha value is -2.54. The standard InChI is InChI=1S/C21H22F2N6O2S2/c22-17-4-1-5-18(23)19(17)33(30,31)27-11-9-26(10-12-27)14-28-21(32)29(16-6-7-16)20(25-28)15-3-2-8-24-13-15/h1-5,8,13,16H,6-7,9-12,14H2. The van der Waals surface area contributed by atoms with E-state index in [1.807, 2.05) is 17.0 Å². The molecule has 0 bridgehead atoms. The largest absolute Gasteiger partial charge is 0.297 e. The average molecular weight is 493 g/mol. The van der Waals surface area contributed by atoms with Gasteiger partial charge in [-0.15, -0.1) is 0 Å². The van der Waals surface area contributed by atoms with Gasteiger partial charge < -0.3 is 0 Å². The molecule has 1 saturated heterocycles. The Balaban J connectivity index is 1.33. The number of rotatable bonds is 6. The number of aromatic nitrogens is 4. The minimum Gasteiger partial charge on any atom is -0.297 e. The van der Waals surface area contributed by atoms with Crippen LogP contribution in [0.1, 0.15) is 18.9 Å². The van der Waals surface area contributed by atoms with Crippen LogP contribution in [0.4, 0.5) is 8.78 Å². The third kappa shape index (κ3) is 4.23. The van der Waals surface area contributed by atoms with Crippen LogP contribution in [0.2, 0.25) is 0 Å². The predicted octanol–water partition coefficient (Wildman–Crippen LogP) is 3.05. The molecule has 8 nitrogen and oxygen atoms in total. The Morgan fingerprint density at radius 1 is 1.03 bits per heavy atom. The van der Waals surface area contributed by atoms with Crippen molar-refractivity contribution in [1.82, 2.24) is 28.5 Å². The SMILES string of the molecule is O=S(=O)(c1c(F)cccc1F)N1CCN(Cn2nc(-c3cccnc3)n(C3CC3)c2=S)CC1. The number of sulfonamides is 1. The quantitative estimate of drug-likeness (QED) is 0.493. The van der Waals surface area contributed by atoms with Crippen molar-refractivity contribution in [2.75, 3.05) is 26.2 Å². The summed E-state index contributed by atoms with van der Waals surface area (Å²) in [5.74, 6) is -1.40. The number of halogens is 2. The lowest BCUT2D eigenvalue weighted by molar-refractivity contribution is 0.144. The monoisotopic (exact) mass is 492 g/mol. The van der Waals surface area contributed by atoms with E-state index in [9.17, 15) is 17.2 Å². The maximum atomic E-state index is 14.1. The van der Waals surface area contributed by atoms with Crippen LogP contribution in [-0.4, -0.2) is 63.1 Å². The second kappa shape index (κ2) is 8.67. The summed E-state index contributed by atoms with van der Waals surface area (Å²) in [6.45, 7) is 1.39. The van der Waals surface area contributed by atoms with E-state index in [0.717, 1.165) is 46.7 Å². The molecule has 0 amide bonds. The summed E-state index contributed by atoms with van der Waals surface area (Å²) >= 11 is 5.70. The molecule has 2 aromatic heterocycles. The summed E-state index contributed by atoms with van der Waals surface area (Å²) in [5.41, 5.74) is 0.886. The van der Waals surface area contributed by atoms with Gasteiger partial charge in [-0.05, 0) is 49.3 Å². The first-order valence-corrected chi connectivity index (χ1v) is 12.5. The van der Waals surface area contributed by atoms with Crippen molar-refractivity contribution < 1.29 is 17.2 Å². The predicted molar refractivity (Wildman–Crippen MR) is 119 cm³/mol. The molecule has 1 aliphatic heterocycles. The molecule has 0 atom stereocenters. The molecule has 2 aliphatic rings. The van der Waals surface area contributed by atoms with Crippen molar-refractivity contribution in [3.8, 4) is 11.4 Å². The van der Waals surface area contributed by atoms with Crippen LogP contribution in [0, 0.1) is 16.4 Å². The smallest absolute Gasteiger partial charge is 0.249 e. The van der Waals surface area contributed by atoms with E-state index in [2.05, 4.69) is 9.55 Å². The highest BCUT2D eigenvalue weighted by molar-refractivity contribution is 7.89. The third-order valence-electron chi connectivity index (χ3n) is 5.88. The van der Waals surface area contributed by atoms with Crippen LogP contribution in [0.15, 0.2) is 47.6 Å². The van der Waals surface area contributed by atoms with Gasteiger partial charge in [0, 0.05) is 50.2 Å². The summed E-state index contributed by atoms with van der Waals surface area (Å²) in [6.07, 6.45) is 5.57. The molecule has 2 fully saturated rings. The number of benzene rings is 1. The minimum absolute atomic E-state index is 0.113. The van der Waals surface area contributed by atoms with Gasteiger partial charge in [0.1, 0.15) is 11.6 Å². The summed E-state index contributed by atoms with van der Waals surface area (Å²) in [7, 11) is -4.27. The Morgan fingerprint density at radius 2 is 1.73 bits per heavy atom. The summed E-state index contributed by atoms with van der Waals surface area (Å²) in [6, 6.07) is 7.17. The van der Waals surface area contributed by atoms with E-state index >= 15 is 0 Å². The van der Waals surface area contributed by atoms with Crippen LogP contribution in [0.3, 0.4) is 0 Å². The fraction of sp³-hybridized carbons (Fsp3) is 0.381. The average Bonchev–Trinajstić information content (AvgIpc) is 3.58. The van der Waals surface area contributed by atoms with E-state index in [-0.39, 0.29) is 13.1 Å². The van der Waals surface area contributed by atoms with Gasteiger partial charge in [-0.2, -0.15) is 9.40 Å². The summed E-state index contributed by atoms with van der Waals surface area (Å²) < 4.78 is 59.3. The lowest BCUT2D eigenvalue weighted by atomic mass is 10.3. The van der Waals surface area contributed by atoms with Gasteiger partial charge in [-0.3, -0.25) is 14.5 Å². The third-order valence-corrected chi connectivity index (χ3v) is 8.24. The van der Waals surface area contributed by atoms with Crippen LogP contribution in [0.5, 0.6) is 0 Å². The maximum absolute atomic E-state index is 14.1. The highest BCUT2D eigenvalue weighted by atomic mass is 32.2. The fourth-order valence-electron chi connectivity index (χ4n) is 4.02. The number of nitrogens with zero attached hydrogens (tertiary/aromatic N) is 6. The van der Waals surface area contributed by atoms with Crippen LogP contribution in [-0.2, 0) is 16.7 Å². The molecule has 0 radical (unpaired) electrons. The Morgan fingerprint density at radius 3 is 2.33 bits per heavy atom. The van der Waals surface area contributed by atoms with E-state index < -0.39 is 26.6 Å². The molecule has 33 heavy (non-hydrogen) atoms. The van der Waals surface area contributed by atoms with Crippen LogP contribution >= 0.6 is 12.2 Å². The lowest BCUT2D eigenvalue weighted by Crippen LogP contribution is -2.49. The highest BCUT2D eigenvalue weighted by Gasteiger charge is 2.34. The van der Waals surface area contributed by atoms with Crippen molar-refractivity contribution in [2.24, 2.45) is 0 Å². The molecule has 1 saturated carbocycles. The zero-order chi connectivity index (χ0) is 23.2. The van der Waals surface area contributed by atoms with Gasteiger partial charge in [0.25, 0.3) is 0 Å². The normalized spacial score (nSPS) is 18.0. The second-order valence-electron chi connectivity index (χ2n) is 8.16. The van der Waals surface area contributed by atoms with Gasteiger partial charge >= 0.3 is 0 Å². The van der Waals surface area contributed by atoms with Crippen molar-refractivity contribution in [2.45, 2.75) is 30.4 Å². The fourth-order valence-corrected chi connectivity index (χ4v) is 5.89. The number of pyridine rings is 1. The summed E-state index contributed by atoms with van der Waals surface area (Å²) in [4.78, 5) is 5.31. The van der Waals surface area contributed by atoms with E-state index in [4.69, 9.17) is 17.3 Å². The molecular formula is C21H22F2N6O2S2. The van der Waals surface area contributed by atoms with Crippen molar-refractivity contribution in [3.63, 3.8) is 0 Å². The van der Waals surface area contributed by atoms with Gasteiger partial charge in [-0.1, -0.05) is 6.07 Å². The Kier molecular flexibility index (Phi) is 5.85. The zero-order valence-electron chi connectivity index (χ0n) is 17.6. The number of hydrogen-bond donors (Lipinski definition) is 0.